The standard InChI is InChI=1S/C16H24N2O3S.ClH/c1-11(2)22(20,21)15-7-5-4-6-14(15)16(19)18-13-8-9-17-12(3)10-13;/h4-7,11-13,17H,8-10H2,1-3H3,(H,18,19);1H. The molecule has 1 aromatic rings. The maximum Gasteiger partial charge on any atom is 0.252 e. The number of rotatable bonds is 4. The average molecular weight is 361 g/mol. The van der Waals surface area contributed by atoms with E-state index in [9.17, 15) is 13.2 Å². The van der Waals surface area contributed by atoms with Crippen molar-refractivity contribution in [1.29, 1.82) is 0 Å². The van der Waals surface area contributed by atoms with Crippen LogP contribution in [0.15, 0.2) is 29.2 Å². The second-order valence-corrected chi connectivity index (χ2v) is 8.61. The Morgan fingerprint density at radius 1 is 1.30 bits per heavy atom. The lowest BCUT2D eigenvalue weighted by atomic mass is 10.0. The zero-order chi connectivity index (χ0) is 16.3. The van der Waals surface area contributed by atoms with Crippen molar-refractivity contribution in [2.45, 2.75) is 55.8 Å². The number of carbonyl (C=O) groups excluding carboxylic acids is 1. The van der Waals surface area contributed by atoms with Crippen LogP contribution in [0.4, 0.5) is 0 Å². The van der Waals surface area contributed by atoms with E-state index in [1.807, 2.05) is 0 Å². The quantitative estimate of drug-likeness (QED) is 0.862. The highest BCUT2D eigenvalue weighted by molar-refractivity contribution is 7.92. The fraction of sp³-hybridized carbons (Fsp3) is 0.562. The Balaban J connectivity index is 0.00000264. The van der Waals surface area contributed by atoms with E-state index >= 15 is 0 Å². The van der Waals surface area contributed by atoms with Crippen LogP contribution >= 0.6 is 12.4 Å². The summed E-state index contributed by atoms with van der Waals surface area (Å²) in [6, 6.07) is 6.87. The van der Waals surface area contributed by atoms with Crippen LogP contribution in [-0.2, 0) is 9.84 Å². The molecule has 1 aliphatic rings. The molecule has 1 saturated heterocycles. The van der Waals surface area contributed by atoms with Gasteiger partial charge >= 0.3 is 0 Å². The molecule has 23 heavy (non-hydrogen) atoms. The fourth-order valence-electron chi connectivity index (χ4n) is 2.68. The van der Waals surface area contributed by atoms with Gasteiger partial charge in [0.1, 0.15) is 0 Å². The zero-order valence-electron chi connectivity index (χ0n) is 13.7. The summed E-state index contributed by atoms with van der Waals surface area (Å²) in [6.45, 7) is 6.19. The minimum absolute atomic E-state index is 0. The van der Waals surface area contributed by atoms with Gasteiger partial charge in [-0.15, -0.1) is 12.4 Å². The Bertz CT molecular complexity index is 646. The van der Waals surface area contributed by atoms with Crippen molar-refractivity contribution >= 4 is 28.2 Å². The fourth-order valence-corrected chi connectivity index (χ4v) is 3.93. The van der Waals surface area contributed by atoms with E-state index < -0.39 is 15.1 Å². The van der Waals surface area contributed by atoms with Gasteiger partial charge in [0.05, 0.1) is 15.7 Å². The number of amides is 1. The van der Waals surface area contributed by atoms with E-state index in [2.05, 4.69) is 17.6 Å². The Kier molecular flexibility index (Phi) is 7.04. The molecule has 2 atom stereocenters. The van der Waals surface area contributed by atoms with Gasteiger partial charge in [0.15, 0.2) is 9.84 Å². The van der Waals surface area contributed by atoms with Crippen molar-refractivity contribution in [1.82, 2.24) is 10.6 Å². The number of carbonyl (C=O) groups is 1. The summed E-state index contributed by atoms with van der Waals surface area (Å²) in [4.78, 5) is 12.6. The van der Waals surface area contributed by atoms with Gasteiger partial charge in [-0.2, -0.15) is 0 Å². The van der Waals surface area contributed by atoms with Crippen LogP contribution in [0.2, 0.25) is 0 Å². The summed E-state index contributed by atoms with van der Waals surface area (Å²) in [5.41, 5.74) is 0.238. The van der Waals surface area contributed by atoms with Gasteiger partial charge in [-0.25, -0.2) is 8.42 Å². The lowest BCUT2D eigenvalue weighted by molar-refractivity contribution is 0.0922. The van der Waals surface area contributed by atoms with Gasteiger partial charge in [-0.1, -0.05) is 12.1 Å². The molecular formula is C16H25ClN2O3S. The van der Waals surface area contributed by atoms with E-state index in [1.54, 1.807) is 32.0 Å². The average Bonchev–Trinajstić information content (AvgIpc) is 2.47. The molecule has 5 nitrogen and oxygen atoms in total. The van der Waals surface area contributed by atoms with Gasteiger partial charge < -0.3 is 10.6 Å². The van der Waals surface area contributed by atoms with E-state index in [0.717, 1.165) is 19.4 Å². The zero-order valence-corrected chi connectivity index (χ0v) is 15.3. The Morgan fingerprint density at radius 2 is 1.96 bits per heavy atom. The Morgan fingerprint density at radius 3 is 2.57 bits per heavy atom. The molecule has 1 heterocycles. The van der Waals surface area contributed by atoms with Crippen LogP contribution in [0.25, 0.3) is 0 Å². The van der Waals surface area contributed by atoms with Crippen LogP contribution in [0.1, 0.15) is 44.0 Å². The molecule has 0 saturated carbocycles. The first-order valence-electron chi connectivity index (χ1n) is 7.69. The monoisotopic (exact) mass is 360 g/mol. The van der Waals surface area contributed by atoms with E-state index in [0.29, 0.717) is 6.04 Å². The predicted molar refractivity (Wildman–Crippen MR) is 94.0 cm³/mol. The third kappa shape index (κ3) is 4.68. The highest BCUT2D eigenvalue weighted by Gasteiger charge is 2.27. The molecule has 1 amide bonds. The van der Waals surface area contributed by atoms with Crippen LogP contribution in [0.5, 0.6) is 0 Å². The maximum atomic E-state index is 12.5. The van der Waals surface area contributed by atoms with Crippen LogP contribution in [0, 0.1) is 0 Å². The number of halogens is 1. The summed E-state index contributed by atoms with van der Waals surface area (Å²) in [7, 11) is -3.48. The minimum Gasteiger partial charge on any atom is -0.349 e. The van der Waals surface area contributed by atoms with E-state index in [-0.39, 0.29) is 34.8 Å². The summed E-state index contributed by atoms with van der Waals surface area (Å²) in [6.07, 6.45) is 1.71. The molecule has 1 aliphatic heterocycles. The Hall–Kier alpha value is -1.11. The molecule has 0 bridgehead atoms. The largest absolute Gasteiger partial charge is 0.349 e. The third-order valence-electron chi connectivity index (χ3n) is 4.02. The smallest absolute Gasteiger partial charge is 0.252 e. The van der Waals surface area contributed by atoms with Crippen molar-refractivity contribution in [3.63, 3.8) is 0 Å². The first-order valence-corrected chi connectivity index (χ1v) is 9.24. The van der Waals surface area contributed by atoms with Crippen LogP contribution in [0.3, 0.4) is 0 Å². The highest BCUT2D eigenvalue weighted by Crippen LogP contribution is 2.21. The van der Waals surface area contributed by atoms with Crippen LogP contribution < -0.4 is 10.6 Å². The number of sulfone groups is 1. The molecule has 7 heteroatoms. The molecule has 1 fully saturated rings. The van der Waals surface area contributed by atoms with Crippen molar-refractivity contribution in [3.05, 3.63) is 29.8 Å². The van der Waals surface area contributed by atoms with Gasteiger partial charge in [-0.3, -0.25) is 4.79 Å². The summed E-state index contributed by atoms with van der Waals surface area (Å²) in [5.74, 6) is -0.307. The lowest BCUT2D eigenvalue weighted by Gasteiger charge is -2.28. The van der Waals surface area contributed by atoms with E-state index in [4.69, 9.17) is 0 Å². The minimum atomic E-state index is -3.48. The molecule has 2 unspecified atom stereocenters. The maximum absolute atomic E-state index is 12.5. The van der Waals surface area contributed by atoms with Gasteiger partial charge in [0.2, 0.25) is 0 Å². The molecule has 0 radical (unpaired) electrons. The normalized spacial score (nSPS) is 21.6. The number of hydrogen-bond donors (Lipinski definition) is 2. The van der Waals surface area contributed by atoms with Crippen molar-refractivity contribution < 1.29 is 13.2 Å². The van der Waals surface area contributed by atoms with Crippen LogP contribution in [-0.4, -0.2) is 38.2 Å². The SMILES string of the molecule is CC1CC(NC(=O)c2ccccc2S(=O)(=O)C(C)C)CCN1.Cl. The first kappa shape index (κ1) is 19.9. The van der Waals surface area contributed by atoms with Crippen molar-refractivity contribution in [3.8, 4) is 0 Å². The van der Waals surface area contributed by atoms with Crippen molar-refractivity contribution in [2.24, 2.45) is 0 Å². The predicted octanol–water partition coefficient (Wildman–Crippen LogP) is 2.16. The summed E-state index contributed by atoms with van der Waals surface area (Å²) >= 11 is 0. The third-order valence-corrected chi connectivity index (χ3v) is 6.23. The molecule has 0 aliphatic carbocycles. The number of piperidine rings is 1. The van der Waals surface area contributed by atoms with E-state index in [1.165, 1.54) is 6.07 Å². The molecular weight excluding hydrogens is 336 g/mol. The topological polar surface area (TPSA) is 75.3 Å². The van der Waals surface area contributed by atoms with Crippen molar-refractivity contribution in [2.75, 3.05) is 6.54 Å². The molecule has 1 aromatic carbocycles. The number of nitrogens with one attached hydrogen (secondary N) is 2. The molecule has 0 spiro atoms. The second-order valence-electron chi connectivity index (χ2n) is 6.14. The van der Waals surface area contributed by atoms with Gasteiger partial charge in [0, 0.05) is 12.1 Å². The second kappa shape index (κ2) is 8.13. The molecule has 2 N–H and O–H groups in total. The number of hydrogen-bond acceptors (Lipinski definition) is 4. The molecule has 0 aromatic heterocycles. The summed E-state index contributed by atoms with van der Waals surface area (Å²) in [5, 5.41) is 5.75. The lowest BCUT2D eigenvalue weighted by Crippen LogP contribution is -2.46. The molecule has 2 rings (SSSR count). The van der Waals surface area contributed by atoms with Gasteiger partial charge in [0.25, 0.3) is 5.91 Å². The number of benzene rings is 1. The highest BCUT2D eigenvalue weighted by atomic mass is 35.5. The Labute approximate surface area is 144 Å². The van der Waals surface area contributed by atoms with Gasteiger partial charge in [-0.05, 0) is 52.3 Å². The first-order chi connectivity index (χ1) is 10.3. The summed E-state index contributed by atoms with van der Waals surface area (Å²) < 4.78 is 24.8. The molecule has 130 valence electrons.